The molecule has 1 amide bonds. The Bertz CT molecular complexity index is 1450. The second kappa shape index (κ2) is 12.5. The number of rotatable bonds is 7. The van der Waals surface area contributed by atoms with Crippen molar-refractivity contribution in [2.75, 3.05) is 39.4 Å². The summed E-state index contributed by atoms with van der Waals surface area (Å²) in [5.74, 6) is 0.849. The van der Waals surface area contributed by atoms with Crippen LogP contribution < -0.4 is 11.1 Å². The van der Waals surface area contributed by atoms with Crippen molar-refractivity contribution in [3.63, 3.8) is 0 Å². The van der Waals surface area contributed by atoms with E-state index in [1.165, 1.54) is 18.5 Å². The van der Waals surface area contributed by atoms with Crippen molar-refractivity contribution in [1.82, 2.24) is 25.0 Å². The SMILES string of the molecule is CC(=O)N1CCc2c(c(-c3cccc4cc(/C(C=NCCC5CCNCC5)=C/N)ncc34)nn2C2CCOCC2)C1. The van der Waals surface area contributed by atoms with Crippen LogP contribution in [-0.2, 0) is 22.5 Å². The molecule has 3 aliphatic heterocycles. The molecule has 0 aliphatic carbocycles. The zero-order chi connectivity index (χ0) is 28.2. The standard InChI is InChI=1S/C32H41N7O2/c1-22(40)38-14-8-31-29(21-38)32(37-39(31)26-9-15-41-16-10-26)27-4-2-3-24-17-30(36-20-28(24)27)25(18-33)19-35-13-7-23-5-11-34-12-6-23/h2-4,17-20,23,26,34H,5-16,21,33H2,1H3/b25-18+,35-19?. The van der Waals surface area contributed by atoms with Gasteiger partial charge in [-0.1, -0.05) is 18.2 Å². The van der Waals surface area contributed by atoms with Crippen molar-refractivity contribution in [2.45, 2.75) is 58.0 Å². The van der Waals surface area contributed by atoms with Crippen LogP contribution >= 0.6 is 0 Å². The van der Waals surface area contributed by atoms with Crippen molar-refractivity contribution >= 4 is 28.5 Å². The number of benzene rings is 1. The maximum absolute atomic E-state index is 12.3. The van der Waals surface area contributed by atoms with Crippen LogP contribution in [0.4, 0.5) is 0 Å². The molecule has 0 atom stereocenters. The third-order valence-electron chi connectivity index (χ3n) is 8.92. The number of aromatic nitrogens is 3. The molecule has 216 valence electrons. The lowest BCUT2D eigenvalue weighted by Crippen LogP contribution is -2.35. The summed E-state index contributed by atoms with van der Waals surface area (Å²) in [5.41, 5.74) is 12.0. The number of nitrogens with one attached hydrogen (secondary N) is 1. The summed E-state index contributed by atoms with van der Waals surface area (Å²) in [6.45, 7) is 7.50. The number of hydrogen-bond acceptors (Lipinski definition) is 7. The van der Waals surface area contributed by atoms with Gasteiger partial charge < -0.3 is 20.7 Å². The topological polar surface area (TPSA) is 111 Å². The average Bonchev–Trinajstić information content (AvgIpc) is 3.40. The molecular formula is C32H41N7O2. The van der Waals surface area contributed by atoms with E-state index in [2.05, 4.69) is 39.3 Å². The first-order chi connectivity index (χ1) is 20.1. The number of pyridine rings is 1. The Morgan fingerprint density at radius 3 is 2.83 bits per heavy atom. The molecule has 0 spiro atoms. The van der Waals surface area contributed by atoms with Crippen LogP contribution in [-0.4, -0.2) is 71.2 Å². The summed E-state index contributed by atoms with van der Waals surface area (Å²) < 4.78 is 7.87. The summed E-state index contributed by atoms with van der Waals surface area (Å²) in [6, 6.07) is 8.71. The second-order valence-electron chi connectivity index (χ2n) is 11.5. The lowest BCUT2D eigenvalue weighted by atomic mass is 9.95. The summed E-state index contributed by atoms with van der Waals surface area (Å²) >= 11 is 0. The van der Waals surface area contributed by atoms with E-state index in [1.807, 2.05) is 17.3 Å². The van der Waals surface area contributed by atoms with Gasteiger partial charge in [-0.3, -0.25) is 19.5 Å². The second-order valence-corrected chi connectivity index (χ2v) is 11.5. The smallest absolute Gasteiger partial charge is 0.219 e. The van der Waals surface area contributed by atoms with E-state index in [4.69, 9.17) is 20.6 Å². The number of amides is 1. The van der Waals surface area contributed by atoms with E-state index in [0.29, 0.717) is 12.6 Å². The van der Waals surface area contributed by atoms with Crippen molar-refractivity contribution in [3.8, 4) is 11.3 Å². The minimum atomic E-state index is 0.100. The molecular weight excluding hydrogens is 514 g/mol. The van der Waals surface area contributed by atoms with Crippen molar-refractivity contribution in [2.24, 2.45) is 16.6 Å². The molecule has 0 bridgehead atoms. The van der Waals surface area contributed by atoms with E-state index in [9.17, 15) is 4.79 Å². The van der Waals surface area contributed by atoms with Gasteiger partial charge in [0, 0.05) is 92.6 Å². The molecule has 3 aliphatic rings. The fourth-order valence-corrected chi connectivity index (χ4v) is 6.48. The van der Waals surface area contributed by atoms with Crippen LogP contribution in [0.5, 0.6) is 0 Å². The number of nitrogens with zero attached hydrogens (tertiary/aromatic N) is 5. The molecule has 41 heavy (non-hydrogen) atoms. The Balaban J connectivity index is 1.30. The highest BCUT2D eigenvalue weighted by molar-refractivity contribution is 6.10. The predicted molar refractivity (Wildman–Crippen MR) is 163 cm³/mol. The third kappa shape index (κ3) is 5.92. The summed E-state index contributed by atoms with van der Waals surface area (Å²) in [6.07, 6.45) is 11.7. The van der Waals surface area contributed by atoms with Crippen molar-refractivity contribution < 1.29 is 9.53 Å². The average molecular weight is 556 g/mol. The van der Waals surface area contributed by atoms with Gasteiger partial charge in [0.1, 0.15) is 0 Å². The Morgan fingerprint density at radius 2 is 2.05 bits per heavy atom. The monoisotopic (exact) mass is 555 g/mol. The Labute approximate surface area is 241 Å². The van der Waals surface area contributed by atoms with Gasteiger partial charge in [0.25, 0.3) is 0 Å². The molecule has 1 aromatic carbocycles. The fraction of sp³-hybridized carbons (Fsp3) is 0.500. The first-order valence-electron chi connectivity index (χ1n) is 15.1. The Hall–Kier alpha value is -3.56. The summed E-state index contributed by atoms with van der Waals surface area (Å²) in [5, 5.41) is 10.8. The van der Waals surface area contributed by atoms with Gasteiger partial charge in [0.15, 0.2) is 0 Å². The van der Waals surface area contributed by atoms with Gasteiger partial charge in [0.2, 0.25) is 5.91 Å². The number of ether oxygens (including phenoxy) is 1. The number of hydrogen-bond donors (Lipinski definition) is 2. The third-order valence-corrected chi connectivity index (χ3v) is 8.92. The number of piperidine rings is 1. The first kappa shape index (κ1) is 27.6. The molecule has 3 N–H and O–H groups in total. The van der Waals surface area contributed by atoms with Crippen molar-refractivity contribution in [1.29, 1.82) is 0 Å². The zero-order valence-corrected chi connectivity index (χ0v) is 24.0. The maximum atomic E-state index is 12.3. The number of aliphatic imine (C=N–C) groups is 1. The molecule has 5 heterocycles. The van der Waals surface area contributed by atoms with Gasteiger partial charge in [-0.05, 0) is 62.6 Å². The molecule has 2 fully saturated rings. The quantitative estimate of drug-likeness (QED) is 0.425. The van der Waals surface area contributed by atoms with Gasteiger partial charge >= 0.3 is 0 Å². The highest BCUT2D eigenvalue weighted by Crippen LogP contribution is 2.37. The minimum absolute atomic E-state index is 0.100. The molecule has 9 heteroatoms. The molecule has 9 nitrogen and oxygen atoms in total. The molecule has 0 unspecified atom stereocenters. The molecule has 0 saturated carbocycles. The maximum Gasteiger partial charge on any atom is 0.219 e. The molecule has 2 saturated heterocycles. The number of nitrogens with two attached hydrogens (primary N) is 1. The van der Waals surface area contributed by atoms with Gasteiger partial charge in [0.05, 0.1) is 17.4 Å². The number of allylic oxidation sites excluding steroid dienone is 1. The highest BCUT2D eigenvalue weighted by atomic mass is 16.5. The van der Waals surface area contributed by atoms with Crippen molar-refractivity contribution in [3.05, 3.63) is 53.6 Å². The van der Waals surface area contributed by atoms with Crippen LogP contribution in [0.2, 0.25) is 0 Å². The lowest BCUT2D eigenvalue weighted by molar-refractivity contribution is -0.129. The summed E-state index contributed by atoms with van der Waals surface area (Å²) in [7, 11) is 0. The predicted octanol–water partition coefficient (Wildman–Crippen LogP) is 4.11. The normalized spacial score (nSPS) is 19.2. The Kier molecular flexibility index (Phi) is 8.43. The van der Waals surface area contributed by atoms with Gasteiger partial charge in [-0.25, -0.2) is 0 Å². The van der Waals surface area contributed by atoms with E-state index in [1.54, 1.807) is 13.1 Å². The minimum Gasteiger partial charge on any atom is -0.404 e. The van der Waals surface area contributed by atoms with Gasteiger partial charge in [-0.2, -0.15) is 5.10 Å². The van der Waals surface area contributed by atoms with E-state index in [-0.39, 0.29) is 5.91 Å². The van der Waals surface area contributed by atoms with E-state index >= 15 is 0 Å². The van der Waals surface area contributed by atoms with Crippen LogP contribution in [0.15, 0.2) is 41.7 Å². The van der Waals surface area contributed by atoms with Crippen LogP contribution in [0.1, 0.15) is 62.0 Å². The van der Waals surface area contributed by atoms with Crippen LogP contribution in [0.3, 0.4) is 0 Å². The lowest BCUT2D eigenvalue weighted by Gasteiger charge is -2.29. The van der Waals surface area contributed by atoms with E-state index in [0.717, 1.165) is 110 Å². The fourth-order valence-electron chi connectivity index (χ4n) is 6.48. The molecule has 3 aromatic rings. The van der Waals surface area contributed by atoms with E-state index < -0.39 is 0 Å². The number of fused-ring (bicyclic) bond motifs is 2. The Morgan fingerprint density at radius 1 is 1.22 bits per heavy atom. The zero-order valence-electron chi connectivity index (χ0n) is 24.0. The van der Waals surface area contributed by atoms with Crippen LogP contribution in [0, 0.1) is 5.92 Å². The first-order valence-corrected chi connectivity index (χ1v) is 15.1. The van der Waals surface area contributed by atoms with Crippen LogP contribution in [0.25, 0.3) is 27.6 Å². The summed E-state index contributed by atoms with van der Waals surface area (Å²) in [4.78, 5) is 23.8. The highest BCUT2D eigenvalue weighted by Gasteiger charge is 2.30. The molecule has 0 radical (unpaired) electrons. The number of carbonyl (C=O) groups excluding carboxylic acids is 1. The number of carbonyl (C=O) groups is 1. The molecule has 2 aromatic heterocycles. The largest absolute Gasteiger partial charge is 0.404 e. The molecule has 6 rings (SSSR count). The van der Waals surface area contributed by atoms with Gasteiger partial charge in [-0.15, -0.1) is 0 Å².